The van der Waals surface area contributed by atoms with E-state index in [2.05, 4.69) is 20.8 Å². The van der Waals surface area contributed by atoms with Crippen molar-refractivity contribution in [2.45, 2.75) is 40.0 Å². The molecule has 0 aromatic heterocycles. The van der Waals surface area contributed by atoms with Gasteiger partial charge in [0.05, 0.1) is 0 Å². The normalized spacial score (nSPS) is 36.0. The summed E-state index contributed by atoms with van der Waals surface area (Å²) in [6.07, 6.45) is 4.44. The Labute approximate surface area is 58.7 Å². The summed E-state index contributed by atoms with van der Waals surface area (Å²) in [7, 11) is 0. The molecule has 1 rings (SSSR count). The van der Waals surface area contributed by atoms with Gasteiger partial charge in [-0.25, -0.2) is 0 Å². The van der Waals surface area contributed by atoms with Crippen molar-refractivity contribution in [3.05, 3.63) is 0 Å². The SMILES string of the molecule is CC(C)C1CCC[C@@H]1C. The Morgan fingerprint density at radius 1 is 1.22 bits per heavy atom. The Bertz CT molecular complexity index is 84.0. The molecule has 0 N–H and O–H groups in total. The van der Waals surface area contributed by atoms with E-state index in [1.807, 2.05) is 0 Å². The van der Waals surface area contributed by atoms with Gasteiger partial charge >= 0.3 is 0 Å². The molecule has 54 valence electrons. The third kappa shape index (κ3) is 1.47. The summed E-state index contributed by atoms with van der Waals surface area (Å²) in [5.41, 5.74) is 0. The molecule has 9 heavy (non-hydrogen) atoms. The minimum Gasteiger partial charge on any atom is -0.0625 e. The average molecular weight is 126 g/mol. The van der Waals surface area contributed by atoms with Crippen molar-refractivity contribution in [3.63, 3.8) is 0 Å². The molecule has 0 heteroatoms. The Balaban J connectivity index is 2.40. The zero-order chi connectivity index (χ0) is 6.85. The molecule has 1 fully saturated rings. The molecule has 0 radical (unpaired) electrons. The molecule has 1 aliphatic carbocycles. The van der Waals surface area contributed by atoms with Crippen LogP contribution in [0.1, 0.15) is 40.0 Å². The third-order valence-corrected chi connectivity index (χ3v) is 2.78. The van der Waals surface area contributed by atoms with Crippen molar-refractivity contribution in [1.82, 2.24) is 0 Å². The highest BCUT2D eigenvalue weighted by atomic mass is 14.3. The standard InChI is InChI=1S/C9H18/c1-7(2)9-6-4-5-8(9)3/h7-9H,4-6H2,1-3H3/t8-,9?/m0/s1. The van der Waals surface area contributed by atoms with E-state index in [0.29, 0.717) is 0 Å². The first-order valence-corrected chi connectivity index (χ1v) is 4.22. The third-order valence-electron chi connectivity index (χ3n) is 2.78. The van der Waals surface area contributed by atoms with Gasteiger partial charge in [0.2, 0.25) is 0 Å². The molecule has 2 atom stereocenters. The zero-order valence-corrected chi connectivity index (χ0v) is 6.85. The lowest BCUT2D eigenvalue weighted by Crippen LogP contribution is -2.10. The molecule has 0 nitrogen and oxygen atoms in total. The molecule has 0 bridgehead atoms. The molecule has 0 saturated heterocycles. The van der Waals surface area contributed by atoms with Gasteiger partial charge in [-0.05, 0) is 24.2 Å². The monoisotopic (exact) mass is 126 g/mol. The van der Waals surface area contributed by atoms with Crippen molar-refractivity contribution >= 4 is 0 Å². The summed E-state index contributed by atoms with van der Waals surface area (Å²) in [6, 6.07) is 0. The minimum absolute atomic E-state index is 0.919. The molecule has 1 saturated carbocycles. The van der Waals surface area contributed by atoms with Crippen molar-refractivity contribution in [2.75, 3.05) is 0 Å². The van der Waals surface area contributed by atoms with Crippen LogP contribution in [0.2, 0.25) is 0 Å². The average Bonchev–Trinajstić information content (AvgIpc) is 2.13. The van der Waals surface area contributed by atoms with Crippen molar-refractivity contribution in [1.29, 1.82) is 0 Å². The van der Waals surface area contributed by atoms with E-state index in [1.54, 1.807) is 0 Å². The summed E-state index contributed by atoms with van der Waals surface area (Å²) >= 11 is 0. The number of hydrogen-bond acceptors (Lipinski definition) is 0. The Morgan fingerprint density at radius 2 is 1.89 bits per heavy atom. The molecule has 1 aliphatic rings. The van der Waals surface area contributed by atoms with Crippen molar-refractivity contribution < 1.29 is 0 Å². The van der Waals surface area contributed by atoms with Crippen LogP contribution in [0.3, 0.4) is 0 Å². The molecule has 0 aliphatic heterocycles. The quantitative estimate of drug-likeness (QED) is 0.506. The van der Waals surface area contributed by atoms with Crippen LogP contribution in [-0.2, 0) is 0 Å². The molecule has 0 spiro atoms. The van der Waals surface area contributed by atoms with Crippen LogP contribution >= 0.6 is 0 Å². The molecule has 0 aromatic rings. The lowest BCUT2D eigenvalue weighted by Gasteiger charge is -2.18. The van der Waals surface area contributed by atoms with Gasteiger partial charge in [-0.2, -0.15) is 0 Å². The Morgan fingerprint density at radius 3 is 2.11 bits per heavy atom. The highest BCUT2D eigenvalue weighted by Crippen LogP contribution is 2.35. The molecule has 0 aromatic carbocycles. The predicted octanol–water partition coefficient (Wildman–Crippen LogP) is 3.08. The molecular weight excluding hydrogens is 108 g/mol. The van der Waals surface area contributed by atoms with Gasteiger partial charge in [0.25, 0.3) is 0 Å². The van der Waals surface area contributed by atoms with E-state index in [0.717, 1.165) is 17.8 Å². The highest BCUT2D eigenvalue weighted by Gasteiger charge is 2.25. The van der Waals surface area contributed by atoms with E-state index < -0.39 is 0 Å². The largest absolute Gasteiger partial charge is 0.0625 e. The fourth-order valence-electron chi connectivity index (χ4n) is 2.16. The van der Waals surface area contributed by atoms with Crippen LogP contribution in [-0.4, -0.2) is 0 Å². The van der Waals surface area contributed by atoms with E-state index in [1.165, 1.54) is 19.3 Å². The van der Waals surface area contributed by atoms with E-state index >= 15 is 0 Å². The second-order valence-corrected chi connectivity index (χ2v) is 3.82. The minimum atomic E-state index is 0.919. The van der Waals surface area contributed by atoms with Crippen LogP contribution in [0.15, 0.2) is 0 Å². The summed E-state index contributed by atoms with van der Waals surface area (Å²) in [5.74, 6) is 2.96. The maximum absolute atomic E-state index is 2.40. The van der Waals surface area contributed by atoms with Crippen LogP contribution in [0.25, 0.3) is 0 Å². The fourth-order valence-corrected chi connectivity index (χ4v) is 2.16. The van der Waals surface area contributed by atoms with Crippen molar-refractivity contribution in [2.24, 2.45) is 17.8 Å². The number of hydrogen-bond donors (Lipinski definition) is 0. The van der Waals surface area contributed by atoms with E-state index in [-0.39, 0.29) is 0 Å². The summed E-state index contributed by atoms with van der Waals surface area (Å²) in [4.78, 5) is 0. The first kappa shape index (κ1) is 7.11. The van der Waals surface area contributed by atoms with Gasteiger partial charge in [0, 0.05) is 0 Å². The summed E-state index contributed by atoms with van der Waals surface area (Å²) < 4.78 is 0. The van der Waals surface area contributed by atoms with Crippen LogP contribution < -0.4 is 0 Å². The topological polar surface area (TPSA) is 0 Å². The van der Waals surface area contributed by atoms with Gasteiger partial charge < -0.3 is 0 Å². The van der Waals surface area contributed by atoms with Gasteiger partial charge in [-0.15, -0.1) is 0 Å². The lowest BCUT2D eigenvalue weighted by molar-refractivity contribution is 0.314. The van der Waals surface area contributed by atoms with Gasteiger partial charge in [0.15, 0.2) is 0 Å². The second kappa shape index (κ2) is 2.72. The molecule has 1 unspecified atom stereocenters. The fraction of sp³-hybridized carbons (Fsp3) is 1.00. The lowest BCUT2D eigenvalue weighted by atomic mass is 9.87. The van der Waals surface area contributed by atoms with Crippen LogP contribution in [0, 0.1) is 17.8 Å². The predicted molar refractivity (Wildman–Crippen MR) is 41.3 cm³/mol. The molecule has 0 heterocycles. The summed E-state index contributed by atoms with van der Waals surface area (Å²) in [6.45, 7) is 7.11. The molecule has 0 amide bonds. The Kier molecular flexibility index (Phi) is 2.15. The van der Waals surface area contributed by atoms with Crippen LogP contribution in [0.5, 0.6) is 0 Å². The molecular formula is C9H18. The zero-order valence-electron chi connectivity index (χ0n) is 6.85. The Hall–Kier alpha value is 0. The highest BCUT2D eigenvalue weighted by molar-refractivity contribution is 4.75. The van der Waals surface area contributed by atoms with Gasteiger partial charge in [-0.3, -0.25) is 0 Å². The first-order valence-electron chi connectivity index (χ1n) is 4.22. The second-order valence-electron chi connectivity index (χ2n) is 3.82. The maximum Gasteiger partial charge on any atom is -0.0365 e. The van der Waals surface area contributed by atoms with E-state index in [9.17, 15) is 0 Å². The van der Waals surface area contributed by atoms with E-state index in [4.69, 9.17) is 0 Å². The first-order chi connectivity index (χ1) is 4.22. The maximum atomic E-state index is 2.40. The van der Waals surface area contributed by atoms with Gasteiger partial charge in [0.1, 0.15) is 0 Å². The van der Waals surface area contributed by atoms with Crippen molar-refractivity contribution in [3.8, 4) is 0 Å². The summed E-state index contributed by atoms with van der Waals surface area (Å²) in [5, 5.41) is 0. The smallest absolute Gasteiger partial charge is 0.0365 e. The van der Waals surface area contributed by atoms with Gasteiger partial charge in [-0.1, -0.05) is 33.6 Å². The van der Waals surface area contributed by atoms with Crippen LogP contribution in [0.4, 0.5) is 0 Å². The number of rotatable bonds is 1.